The minimum atomic E-state index is -0.603. The maximum Gasteiger partial charge on any atom is 0.264 e. The van der Waals surface area contributed by atoms with Crippen LogP contribution in [0.15, 0.2) is 47.8 Å². The first-order valence-corrected chi connectivity index (χ1v) is 8.75. The lowest BCUT2D eigenvalue weighted by Gasteiger charge is -2.06. The zero-order valence-electron chi connectivity index (χ0n) is 14.2. The highest BCUT2D eigenvalue weighted by Crippen LogP contribution is 2.27. The summed E-state index contributed by atoms with van der Waals surface area (Å²) in [5, 5.41) is 4.29. The SMILES string of the molecule is CC(=O)c1cccc(OCC(=O)Nc2nc(-c3cc(F)ccc3F)cs2)c1. The number of Topliss-reactive ketones (excluding diaryl/α,β-unsaturated/α-hetero) is 1. The van der Waals surface area contributed by atoms with Crippen LogP contribution in [0.1, 0.15) is 17.3 Å². The maximum absolute atomic E-state index is 13.8. The standard InChI is InChI=1S/C19H14F2N2O3S/c1-11(24)12-3-2-4-14(7-12)26-9-18(25)23-19-22-17(10-27-19)15-8-13(20)5-6-16(15)21/h2-8,10H,9H2,1H3,(H,22,23,25). The number of anilines is 1. The van der Waals surface area contributed by atoms with E-state index in [4.69, 9.17) is 4.74 Å². The minimum absolute atomic E-state index is 0.0176. The van der Waals surface area contributed by atoms with Crippen molar-refractivity contribution in [3.8, 4) is 17.0 Å². The van der Waals surface area contributed by atoms with Crippen LogP contribution < -0.4 is 10.1 Å². The van der Waals surface area contributed by atoms with E-state index in [1.165, 1.54) is 12.3 Å². The maximum atomic E-state index is 13.8. The van der Waals surface area contributed by atoms with Crippen molar-refractivity contribution < 1.29 is 23.1 Å². The van der Waals surface area contributed by atoms with E-state index >= 15 is 0 Å². The van der Waals surface area contributed by atoms with Crippen LogP contribution in [0.5, 0.6) is 5.75 Å². The highest BCUT2D eigenvalue weighted by molar-refractivity contribution is 7.14. The Morgan fingerprint density at radius 3 is 2.78 bits per heavy atom. The summed E-state index contributed by atoms with van der Waals surface area (Å²) in [4.78, 5) is 27.4. The molecule has 3 rings (SSSR count). The molecule has 0 fully saturated rings. The lowest BCUT2D eigenvalue weighted by molar-refractivity contribution is -0.118. The summed E-state index contributed by atoms with van der Waals surface area (Å²) in [6.07, 6.45) is 0. The van der Waals surface area contributed by atoms with Crippen molar-refractivity contribution >= 4 is 28.2 Å². The molecule has 0 saturated carbocycles. The largest absolute Gasteiger partial charge is 0.484 e. The van der Waals surface area contributed by atoms with Crippen LogP contribution in [0.2, 0.25) is 0 Å². The average Bonchev–Trinajstić information content (AvgIpc) is 3.10. The van der Waals surface area contributed by atoms with Gasteiger partial charge in [0, 0.05) is 16.5 Å². The Labute approximate surface area is 157 Å². The Bertz CT molecular complexity index is 1000. The fourth-order valence-electron chi connectivity index (χ4n) is 2.26. The number of ether oxygens (including phenoxy) is 1. The number of rotatable bonds is 6. The van der Waals surface area contributed by atoms with Gasteiger partial charge in [-0.05, 0) is 37.3 Å². The molecule has 2 aromatic carbocycles. The molecule has 0 aliphatic carbocycles. The van der Waals surface area contributed by atoms with Gasteiger partial charge in [0.25, 0.3) is 5.91 Å². The molecule has 0 aliphatic rings. The van der Waals surface area contributed by atoms with Gasteiger partial charge in [0.05, 0.1) is 5.69 Å². The normalized spacial score (nSPS) is 10.5. The van der Waals surface area contributed by atoms with E-state index in [9.17, 15) is 18.4 Å². The molecular formula is C19H14F2N2O3S. The van der Waals surface area contributed by atoms with Crippen molar-refractivity contribution in [1.82, 2.24) is 4.98 Å². The van der Waals surface area contributed by atoms with E-state index in [2.05, 4.69) is 10.3 Å². The minimum Gasteiger partial charge on any atom is -0.484 e. The van der Waals surface area contributed by atoms with Crippen molar-refractivity contribution in [1.29, 1.82) is 0 Å². The van der Waals surface area contributed by atoms with Crippen molar-refractivity contribution in [2.45, 2.75) is 6.92 Å². The molecule has 1 aromatic heterocycles. The second kappa shape index (κ2) is 8.05. The second-order valence-corrected chi connectivity index (χ2v) is 6.44. The molecule has 3 aromatic rings. The number of ketones is 1. The molecule has 0 aliphatic heterocycles. The van der Waals surface area contributed by atoms with Gasteiger partial charge < -0.3 is 4.74 Å². The zero-order chi connectivity index (χ0) is 19.4. The second-order valence-electron chi connectivity index (χ2n) is 5.58. The van der Waals surface area contributed by atoms with Crippen LogP contribution in [-0.4, -0.2) is 23.3 Å². The number of carbonyl (C=O) groups excluding carboxylic acids is 2. The predicted octanol–water partition coefficient (Wildman–Crippen LogP) is 4.31. The summed E-state index contributed by atoms with van der Waals surface area (Å²) in [6, 6.07) is 9.57. The molecule has 138 valence electrons. The number of carbonyl (C=O) groups is 2. The number of nitrogens with zero attached hydrogens (tertiary/aromatic N) is 1. The van der Waals surface area contributed by atoms with Crippen LogP contribution >= 0.6 is 11.3 Å². The summed E-state index contributed by atoms with van der Waals surface area (Å²) in [5.41, 5.74) is 0.723. The Morgan fingerprint density at radius 1 is 1.19 bits per heavy atom. The first-order chi connectivity index (χ1) is 12.9. The molecular weight excluding hydrogens is 374 g/mol. The quantitative estimate of drug-likeness (QED) is 0.639. The number of thiazole rings is 1. The Morgan fingerprint density at radius 2 is 2.00 bits per heavy atom. The Balaban J connectivity index is 1.62. The van der Waals surface area contributed by atoms with Crippen molar-refractivity contribution in [3.63, 3.8) is 0 Å². The fraction of sp³-hybridized carbons (Fsp3) is 0.105. The molecule has 1 amide bonds. The number of halogens is 2. The van der Waals surface area contributed by atoms with Crippen molar-refractivity contribution in [3.05, 3.63) is 65.0 Å². The van der Waals surface area contributed by atoms with Crippen LogP contribution in [-0.2, 0) is 4.79 Å². The summed E-state index contributed by atoms with van der Waals surface area (Å²) in [7, 11) is 0. The third kappa shape index (κ3) is 4.73. The summed E-state index contributed by atoms with van der Waals surface area (Å²) in [5.74, 6) is -1.37. The Kier molecular flexibility index (Phi) is 5.56. The lowest BCUT2D eigenvalue weighted by Crippen LogP contribution is -2.20. The van der Waals surface area contributed by atoms with Gasteiger partial charge in [0.2, 0.25) is 0 Å². The number of amides is 1. The average molecular weight is 388 g/mol. The smallest absolute Gasteiger partial charge is 0.264 e. The fourth-order valence-corrected chi connectivity index (χ4v) is 2.98. The van der Waals surface area contributed by atoms with Crippen molar-refractivity contribution in [2.75, 3.05) is 11.9 Å². The lowest BCUT2D eigenvalue weighted by atomic mass is 10.1. The van der Waals surface area contributed by atoms with Crippen molar-refractivity contribution in [2.24, 2.45) is 0 Å². The summed E-state index contributed by atoms with van der Waals surface area (Å²) >= 11 is 1.08. The molecule has 0 spiro atoms. The predicted molar refractivity (Wildman–Crippen MR) is 98.0 cm³/mol. The number of hydrogen-bond donors (Lipinski definition) is 1. The van der Waals surface area contributed by atoms with E-state index in [-0.39, 0.29) is 28.8 Å². The molecule has 1 heterocycles. The molecule has 5 nitrogen and oxygen atoms in total. The van der Waals surface area contributed by atoms with Gasteiger partial charge >= 0.3 is 0 Å². The van der Waals surface area contributed by atoms with Crippen LogP contribution in [0.4, 0.5) is 13.9 Å². The molecule has 0 saturated heterocycles. The molecule has 27 heavy (non-hydrogen) atoms. The van der Waals surface area contributed by atoms with Gasteiger partial charge in [-0.3, -0.25) is 14.9 Å². The van der Waals surface area contributed by atoms with E-state index in [0.29, 0.717) is 11.3 Å². The van der Waals surface area contributed by atoms with Gasteiger partial charge in [-0.1, -0.05) is 12.1 Å². The molecule has 0 atom stereocenters. The van der Waals surface area contributed by atoms with Crippen LogP contribution in [0.25, 0.3) is 11.3 Å². The molecule has 1 N–H and O–H groups in total. The monoisotopic (exact) mass is 388 g/mol. The van der Waals surface area contributed by atoms with E-state index in [1.807, 2.05) is 0 Å². The summed E-state index contributed by atoms with van der Waals surface area (Å²) < 4.78 is 32.4. The number of hydrogen-bond acceptors (Lipinski definition) is 5. The van der Waals surface area contributed by atoms with Gasteiger partial charge in [-0.25, -0.2) is 13.8 Å². The first-order valence-electron chi connectivity index (χ1n) is 7.87. The van der Waals surface area contributed by atoms with E-state index in [1.54, 1.807) is 24.3 Å². The van der Waals surface area contributed by atoms with Crippen LogP contribution in [0, 0.1) is 11.6 Å². The summed E-state index contributed by atoms with van der Waals surface area (Å²) in [6.45, 7) is 1.15. The number of aromatic nitrogens is 1. The third-order valence-electron chi connectivity index (χ3n) is 3.57. The topological polar surface area (TPSA) is 68.3 Å². The highest BCUT2D eigenvalue weighted by atomic mass is 32.1. The number of nitrogens with one attached hydrogen (secondary N) is 1. The van der Waals surface area contributed by atoms with Gasteiger partial charge in [0.1, 0.15) is 17.4 Å². The van der Waals surface area contributed by atoms with Crippen LogP contribution in [0.3, 0.4) is 0 Å². The highest BCUT2D eigenvalue weighted by Gasteiger charge is 2.13. The Hall–Kier alpha value is -3.13. The van der Waals surface area contributed by atoms with Gasteiger partial charge in [0.15, 0.2) is 17.5 Å². The van der Waals surface area contributed by atoms with E-state index < -0.39 is 17.5 Å². The first kappa shape index (κ1) is 18.7. The molecule has 0 bridgehead atoms. The van der Waals surface area contributed by atoms with E-state index in [0.717, 1.165) is 29.5 Å². The molecule has 0 unspecified atom stereocenters. The van der Waals surface area contributed by atoms with Gasteiger partial charge in [-0.2, -0.15) is 0 Å². The van der Waals surface area contributed by atoms with Gasteiger partial charge in [-0.15, -0.1) is 11.3 Å². The zero-order valence-corrected chi connectivity index (χ0v) is 15.0. The number of benzene rings is 2. The molecule has 8 heteroatoms. The molecule has 0 radical (unpaired) electrons. The third-order valence-corrected chi connectivity index (χ3v) is 4.32.